The van der Waals surface area contributed by atoms with Crippen LogP contribution in [0, 0.1) is 10.8 Å². The van der Waals surface area contributed by atoms with Crippen molar-refractivity contribution in [1.82, 2.24) is 0 Å². The Labute approximate surface area is 100 Å². The molecule has 0 amide bonds. The standard InChI is InChI=1S/C16H24/c1-12-7-6-8-13-14(11-12)16(4,5)10-9-15(13,2)3/h6,8,11H,7,9-10H2,1-5H3. The molecule has 0 nitrogen and oxygen atoms in total. The summed E-state index contributed by atoms with van der Waals surface area (Å²) in [7, 11) is 0. The van der Waals surface area contributed by atoms with Crippen molar-refractivity contribution in [3.05, 3.63) is 34.9 Å². The third kappa shape index (κ3) is 1.90. The molecule has 0 aromatic heterocycles. The maximum Gasteiger partial charge on any atom is -0.0100 e. The molecule has 2 rings (SSSR count). The van der Waals surface area contributed by atoms with E-state index in [1.165, 1.54) is 18.4 Å². The molecule has 16 heavy (non-hydrogen) atoms. The molecule has 0 heteroatoms. The molecule has 0 atom stereocenters. The molecule has 0 fully saturated rings. The summed E-state index contributed by atoms with van der Waals surface area (Å²) in [4.78, 5) is 0. The Bertz CT molecular complexity index is 386. The topological polar surface area (TPSA) is 0 Å². The normalized spacial score (nSPS) is 27.2. The van der Waals surface area contributed by atoms with Crippen molar-refractivity contribution in [2.75, 3.05) is 0 Å². The molecule has 0 unspecified atom stereocenters. The van der Waals surface area contributed by atoms with Gasteiger partial charge in [0, 0.05) is 0 Å². The van der Waals surface area contributed by atoms with Gasteiger partial charge in [-0.3, -0.25) is 0 Å². The van der Waals surface area contributed by atoms with Gasteiger partial charge in [0.25, 0.3) is 0 Å². The van der Waals surface area contributed by atoms with Gasteiger partial charge in [-0.05, 0) is 48.2 Å². The van der Waals surface area contributed by atoms with Gasteiger partial charge < -0.3 is 0 Å². The molecule has 0 saturated heterocycles. The molecular weight excluding hydrogens is 192 g/mol. The van der Waals surface area contributed by atoms with Gasteiger partial charge >= 0.3 is 0 Å². The number of hydrogen-bond acceptors (Lipinski definition) is 0. The molecule has 0 radical (unpaired) electrons. The van der Waals surface area contributed by atoms with Crippen LogP contribution in [-0.2, 0) is 0 Å². The summed E-state index contributed by atoms with van der Waals surface area (Å²) in [6.45, 7) is 11.8. The molecule has 2 aliphatic carbocycles. The molecular formula is C16H24. The van der Waals surface area contributed by atoms with Gasteiger partial charge in [-0.15, -0.1) is 0 Å². The molecule has 0 spiro atoms. The Balaban J connectivity index is 2.62. The lowest BCUT2D eigenvalue weighted by Gasteiger charge is -2.42. The zero-order valence-electron chi connectivity index (χ0n) is 11.4. The van der Waals surface area contributed by atoms with Crippen LogP contribution in [0.5, 0.6) is 0 Å². The van der Waals surface area contributed by atoms with Crippen LogP contribution in [0.1, 0.15) is 53.9 Å². The van der Waals surface area contributed by atoms with E-state index in [0.29, 0.717) is 10.8 Å². The smallest absolute Gasteiger partial charge is 0.0100 e. The SMILES string of the molecule is CC1=CC2=C(C=CC1)C(C)(C)CCC2(C)C. The van der Waals surface area contributed by atoms with Crippen molar-refractivity contribution in [3.63, 3.8) is 0 Å². The molecule has 0 aromatic rings. The predicted molar refractivity (Wildman–Crippen MR) is 71.3 cm³/mol. The van der Waals surface area contributed by atoms with Gasteiger partial charge in [0.2, 0.25) is 0 Å². The van der Waals surface area contributed by atoms with E-state index in [1.807, 2.05) is 0 Å². The van der Waals surface area contributed by atoms with Crippen LogP contribution >= 0.6 is 0 Å². The van der Waals surface area contributed by atoms with Crippen molar-refractivity contribution in [1.29, 1.82) is 0 Å². The highest BCUT2D eigenvalue weighted by Crippen LogP contribution is 2.50. The Hall–Kier alpha value is -0.780. The summed E-state index contributed by atoms with van der Waals surface area (Å²) < 4.78 is 0. The second kappa shape index (κ2) is 3.61. The van der Waals surface area contributed by atoms with Gasteiger partial charge in [0.1, 0.15) is 0 Å². The van der Waals surface area contributed by atoms with Crippen LogP contribution in [0.4, 0.5) is 0 Å². The third-order valence-corrected chi connectivity index (χ3v) is 4.24. The molecule has 88 valence electrons. The van der Waals surface area contributed by atoms with Gasteiger partial charge in [-0.25, -0.2) is 0 Å². The monoisotopic (exact) mass is 216 g/mol. The first-order valence-electron chi connectivity index (χ1n) is 6.42. The predicted octanol–water partition coefficient (Wildman–Crippen LogP) is 5.04. The Morgan fingerprint density at radius 3 is 2.12 bits per heavy atom. The molecule has 0 heterocycles. The number of hydrogen-bond donors (Lipinski definition) is 0. The largest absolute Gasteiger partial charge is 0.0802 e. The molecule has 0 bridgehead atoms. The summed E-state index contributed by atoms with van der Waals surface area (Å²) in [5.74, 6) is 0. The lowest BCUT2D eigenvalue weighted by atomic mass is 9.63. The second-order valence-corrected chi connectivity index (χ2v) is 6.69. The van der Waals surface area contributed by atoms with Crippen molar-refractivity contribution in [2.24, 2.45) is 10.8 Å². The summed E-state index contributed by atoms with van der Waals surface area (Å²) in [6.07, 6.45) is 10.9. The average molecular weight is 216 g/mol. The van der Waals surface area contributed by atoms with Crippen LogP contribution in [0.2, 0.25) is 0 Å². The summed E-state index contributed by atoms with van der Waals surface area (Å²) in [6, 6.07) is 0. The molecule has 0 N–H and O–H groups in total. The summed E-state index contributed by atoms with van der Waals surface area (Å²) in [5, 5.41) is 0. The van der Waals surface area contributed by atoms with Gasteiger partial charge in [0.05, 0.1) is 0 Å². The van der Waals surface area contributed by atoms with Crippen molar-refractivity contribution in [3.8, 4) is 0 Å². The van der Waals surface area contributed by atoms with Crippen molar-refractivity contribution >= 4 is 0 Å². The van der Waals surface area contributed by atoms with E-state index in [2.05, 4.69) is 52.8 Å². The van der Waals surface area contributed by atoms with Crippen molar-refractivity contribution in [2.45, 2.75) is 53.9 Å². The lowest BCUT2D eigenvalue weighted by Crippen LogP contribution is -2.29. The highest BCUT2D eigenvalue weighted by Gasteiger charge is 2.37. The summed E-state index contributed by atoms with van der Waals surface area (Å²) >= 11 is 0. The van der Waals surface area contributed by atoms with E-state index >= 15 is 0 Å². The quantitative estimate of drug-likeness (QED) is 0.532. The number of rotatable bonds is 0. The minimum Gasteiger partial charge on any atom is -0.0802 e. The Morgan fingerprint density at radius 1 is 0.938 bits per heavy atom. The Morgan fingerprint density at radius 2 is 1.50 bits per heavy atom. The van der Waals surface area contributed by atoms with Crippen LogP contribution in [-0.4, -0.2) is 0 Å². The first-order chi connectivity index (χ1) is 7.33. The van der Waals surface area contributed by atoms with E-state index in [4.69, 9.17) is 0 Å². The van der Waals surface area contributed by atoms with Gasteiger partial charge in [-0.2, -0.15) is 0 Å². The van der Waals surface area contributed by atoms with Gasteiger partial charge in [0.15, 0.2) is 0 Å². The minimum absolute atomic E-state index is 0.348. The van der Waals surface area contributed by atoms with E-state index in [9.17, 15) is 0 Å². The lowest BCUT2D eigenvalue weighted by molar-refractivity contribution is 0.273. The minimum atomic E-state index is 0.348. The van der Waals surface area contributed by atoms with Gasteiger partial charge in [-0.1, -0.05) is 51.5 Å². The maximum atomic E-state index is 2.44. The number of allylic oxidation sites excluding steroid dienone is 6. The highest BCUT2D eigenvalue weighted by molar-refractivity contribution is 5.46. The molecule has 0 aromatic carbocycles. The second-order valence-electron chi connectivity index (χ2n) is 6.69. The van der Waals surface area contributed by atoms with Crippen LogP contribution in [0.15, 0.2) is 34.9 Å². The average Bonchev–Trinajstić information content (AvgIpc) is 2.36. The fraction of sp³-hybridized carbons (Fsp3) is 0.625. The van der Waals surface area contributed by atoms with E-state index in [0.717, 1.165) is 6.42 Å². The Kier molecular flexibility index (Phi) is 2.64. The highest BCUT2D eigenvalue weighted by atomic mass is 14.4. The maximum absolute atomic E-state index is 2.44. The van der Waals surface area contributed by atoms with E-state index in [1.54, 1.807) is 11.1 Å². The van der Waals surface area contributed by atoms with Crippen LogP contribution in [0.25, 0.3) is 0 Å². The zero-order chi connectivity index (χ0) is 12.0. The first kappa shape index (κ1) is 11.7. The molecule has 2 aliphatic rings. The third-order valence-electron chi connectivity index (χ3n) is 4.24. The fourth-order valence-corrected chi connectivity index (χ4v) is 2.88. The summed E-state index contributed by atoms with van der Waals surface area (Å²) in [5.41, 5.74) is 5.34. The van der Waals surface area contributed by atoms with E-state index < -0.39 is 0 Å². The first-order valence-corrected chi connectivity index (χ1v) is 6.42. The molecule has 0 aliphatic heterocycles. The molecule has 0 saturated carbocycles. The van der Waals surface area contributed by atoms with Crippen LogP contribution in [0.3, 0.4) is 0 Å². The zero-order valence-corrected chi connectivity index (χ0v) is 11.4. The fourth-order valence-electron chi connectivity index (χ4n) is 2.88. The van der Waals surface area contributed by atoms with Crippen molar-refractivity contribution < 1.29 is 0 Å². The van der Waals surface area contributed by atoms with E-state index in [-0.39, 0.29) is 0 Å². The van der Waals surface area contributed by atoms with Crippen LogP contribution < -0.4 is 0 Å².